The molecule has 3 heteroatoms. The number of pyridine rings is 1. The van der Waals surface area contributed by atoms with Gasteiger partial charge in [0.1, 0.15) is 6.10 Å². The molecule has 3 nitrogen and oxygen atoms in total. The van der Waals surface area contributed by atoms with Gasteiger partial charge in [-0.25, -0.2) is 0 Å². The van der Waals surface area contributed by atoms with Gasteiger partial charge in [0.25, 0.3) is 0 Å². The molecule has 1 atom stereocenters. The molecule has 1 aromatic heterocycles. The monoisotopic (exact) mass is 193 g/mol. The normalized spacial score (nSPS) is 12.1. The number of rotatable bonds is 4. The van der Waals surface area contributed by atoms with Gasteiger partial charge in [-0.15, -0.1) is 0 Å². The molecule has 0 aliphatic heterocycles. The summed E-state index contributed by atoms with van der Waals surface area (Å²) < 4.78 is 5.26. The van der Waals surface area contributed by atoms with Crippen LogP contribution in [0.2, 0.25) is 0 Å². The zero-order valence-electron chi connectivity index (χ0n) is 8.56. The van der Waals surface area contributed by atoms with E-state index in [0.717, 1.165) is 12.0 Å². The zero-order chi connectivity index (χ0) is 10.4. The Balaban J connectivity index is 2.68. The van der Waals surface area contributed by atoms with Crippen LogP contribution >= 0.6 is 0 Å². The summed E-state index contributed by atoms with van der Waals surface area (Å²) >= 11 is 0. The molecule has 0 radical (unpaired) electrons. The first-order valence-corrected chi connectivity index (χ1v) is 4.87. The molecule has 1 unspecified atom stereocenters. The fourth-order valence-electron chi connectivity index (χ4n) is 1.20. The third-order valence-electron chi connectivity index (χ3n) is 1.99. The van der Waals surface area contributed by atoms with Gasteiger partial charge in [-0.1, -0.05) is 19.9 Å². The minimum absolute atomic E-state index is 0.156. The molecule has 76 valence electrons. The highest BCUT2D eigenvalue weighted by Gasteiger charge is 2.13. The largest absolute Gasteiger partial charge is 0.457 e. The first-order valence-electron chi connectivity index (χ1n) is 4.87. The first kappa shape index (κ1) is 10.7. The second kappa shape index (κ2) is 5.37. The van der Waals surface area contributed by atoms with Crippen LogP contribution in [0.3, 0.4) is 0 Å². The lowest BCUT2D eigenvalue weighted by atomic mass is 10.1. The first-order chi connectivity index (χ1) is 6.77. The number of hydrogen-bond acceptors (Lipinski definition) is 3. The van der Waals surface area contributed by atoms with Crippen LogP contribution in [0.4, 0.5) is 0 Å². The summed E-state index contributed by atoms with van der Waals surface area (Å²) in [6.07, 6.45) is 4.47. The Bertz CT molecular complexity index is 285. The quantitative estimate of drug-likeness (QED) is 0.689. The number of nitrogens with zero attached hydrogens (tertiary/aromatic N) is 1. The summed E-state index contributed by atoms with van der Waals surface area (Å²) in [7, 11) is 0. The van der Waals surface area contributed by atoms with Crippen molar-refractivity contribution in [3.05, 3.63) is 30.1 Å². The lowest BCUT2D eigenvalue weighted by Crippen LogP contribution is -2.09. The minimum atomic E-state index is -0.166. The molecule has 0 N–H and O–H groups in total. The van der Waals surface area contributed by atoms with E-state index in [9.17, 15) is 4.79 Å². The third-order valence-corrected chi connectivity index (χ3v) is 1.99. The van der Waals surface area contributed by atoms with Gasteiger partial charge in [0.05, 0.1) is 0 Å². The molecular formula is C11H15NO2. The summed E-state index contributed by atoms with van der Waals surface area (Å²) in [5.41, 5.74) is 0.955. The Labute approximate surface area is 84.1 Å². The molecule has 0 spiro atoms. The fourth-order valence-corrected chi connectivity index (χ4v) is 1.20. The number of carbonyl (C=O) groups excluding carboxylic acids is 1. The van der Waals surface area contributed by atoms with Crippen molar-refractivity contribution in [2.24, 2.45) is 0 Å². The third kappa shape index (κ3) is 2.83. The van der Waals surface area contributed by atoms with Crippen molar-refractivity contribution < 1.29 is 9.53 Å². The second-order valence-corrected chi connectivity index (χ2v) is 3.03. The average molecular weight is 193 g/mol. The Hall–Kier alpha value is -1.38. The van der Waals surface area contributed by atoms with Crippen molar-refractivity contribution in [1.29, 1.82) is 0 Å². The summed E-state index contributed by atoms with van der Waals surface area (Å²) in [6.45, 7) is 3.78. The van der Waals surface area contributed by atoms with Crippen LogP contribution < -0.4 is 0 Å². The summed E-state index contributed by atoms with van der Waals surface area (Å²) in [5, 5.41) is 0. The molecule has 0 saturated carbocycles. The number of aromatic nitrogens is 1. The lowest BCUT2D eigenvalue weighted by Gasteiger charge is -2.15. The van der Waals surface area contributed by atoms with Crippen molar-refractivity contribution in [1.82, 2.24) is 4.98 Å². The standard InChI is InChI=1S/C11H15NO2/c1-3-10(14-11(13)4-2)9-6-5-7-12-8-9/h5-8,10H,3-4H2,1-2H3. The Morgan fingerprint density at radius 2 is 2.36 bits per heavy atom. The Morgan fingerprint density at radius 1 is 1.57 bits per heavy atom. The maximum absolute atomic E-state index is 11.1. The maximum Gasteiger partial charge on any atom is 0.306 e. The summed E-state index contributed by atoms with van der Waals surface area (Å²) in [4.78, 5) is 15.1. The van der Waals surface area contributed by atoms with Gasteiger partial charge in [-0.05, 0) is 12.5 Å². The van der Waals surface area contributed by atoms with E-state index in [2.05, 4.69) is 4.98 Å². The molecule has 0 aliphatic carbocycles. The molecule has 0 aliphatic rings. The van der Waals surface area contributed by atoms with Crippen LogP contribution in [0.15, 0.2) is 24.5 Å². The highest BCUT2D eigenvalue weighted by molar-refractivity contribution is 5.69. The minimum Gasteiger partial charge on any atom is -0.457 e. The van der Waals surface area contributed by atoms with Crippen LogP contribution in [0.1, 0.15) is 38.4 Å². The second-order valence-electron chi connectivity index (χ2n) is 3.03. The van der Waals surface area contributed by atoms with Gasteiger partial charge < -0.3 is 4.74 Å². The zero-order valence-corrected chi connectivity index (χ0v) is 8.56. The van der Waals surface area contributed by atoms with E-state index in [0.29, 0.717) is 6.42 Å². The molecule has 0 bridgehead atoms. The molecule has 1 rings (SSSR count). The van der Waals surface area contributed by atoms with Gasteiger partial charge in [0.15, 0.2) is 0 Å². The maximum atomic E-state index is 11.1. The van der Waals surface area contributed by atoms with Crippen LogP contribution in [0.5, 0.6) is 0 Å². The molecule has 0 amide bonds. The topological polar surface area (TPSA) is 39.2 Å². The summed E-state index contributed by atoms with van der Waals surface area (Å²) in [6, 6.07) is 3.77. The number of ether oxygens (including phenoxy) is 1. The molecule has 14 heavy (non-hydrogen) atoms. The van der Waals surface area contributed by atoms with Crippen molar-refractivity contribution >= 4 is 5.97 Å². The molecule has 0 saturated heterocycles. The summed E-state index contributed by atoms with van der Waals surface area (Å²) in [5.74, 6) is -0.166. The van der Waals surface area contributed by atoms with E-state index in [4.69, 9.17) is 4.74 Å². The smallest absolute Gasteiger partial charge is 0.306 e. The van der Waals surface area contributed by atoms with Crippen molar-refractivity contribution in [3.63, 3.8) is 0 Å². The van der Waals surface area contributed by atoms with Crippen molar-refractivity contribution in [2.75, 3.05) is 0 Å². The lowest BCUT2D eigenvalue weighted by molar-refractivity contribution is -0.149. The number of esters is 1. The number of hydrogen-bond donors (Lipinski definition) is 0. The van der Waals surface area contributed by atoms with Crippen molar-refractivity contribution in [3.8, 4) is 0 Å². The van der Waals surface area contributed by atoms with E-state index >= 15 is 0 Å². The average Bonchev–Trinajstić information content (AvgIpc) is 2.26. The van der Waals surface area contributed by atoms with E-state index in [1.165, 1.54) is 0 Å². The molecule has 0 aromatic carbocycles. The Morgan fingerprint density at radius 3 is 2.86 bits per heavy atom. The van der Waals surface area contributed by atoms with E-state index in [1.807, 2.05) is 19.1 Å². The molecule has 1 aromatic rings. The van der Waals surface area contributed by atoms with E-state index < -0.39 is 0 Å². The van der Waals surface area contributed by atoms with Crippen LogP contribution in [0.25, 0.3) is 0 Å². The predicted molar refractivity (Wildman–Crippen MR) is 53.7 cm³/mol. The van der Waals surface area contributed by atoms with Gasteiger partial charge in [-0.2, -0.15) is 0 Å². The highest BCUT2D eigenvalue weighted by atomic mass is 16.5. The highest BCUT2D eigenvalue weighted by Crippen LogP contribution is 2.20. The molecule has 0 fully saturated rings. The van der Waals surface area contributed by atoms with Crippen LogP contribution in [-0.4, -0.2) is 11.0 Å². The SMILES string of the molecule is CCC(=O)OC(CC)c1cccnc1. The van der Waals surface area contributed by atoms with Crippen LogP contribution in [-0.2, 0) is 9.53 Å². The molecular weight excluding hydrogens is 178 g/mol. The van der Waals surface area contributed by atoms with Crippen LogP contribution in [0, 0.1) is 0 Å². The van der Waals surface area contributed by atoms with Crippen molar-refractivity contribution in [2.45, 2.75) is 32.8 Å². The van der Waals surface area contributed by atoms with E-state index in [-0.39, 0.29) is 12.1 Å². The Kier molecular flexibility index (Phi) is 4.11. The van der Waals surface area contributed by atoms with Gasteiger partial charge in [0.2, 0.25) is 0 Å². The van der Waals surface area contributed by atoms with Gasteiger partial charge in [0, 0.05) is 24.4 Å². The van der Waals surface area contributed by atoms with Gasteiger partial charge >= 0.3 is 5.97 Å². The van der Waals surface area contributed by atoms with Gasteiger partial charge in [-0.3, -0.25) is 9.78 Å². The number of carbonyl (C=O) groups is 1. The fraction of sp³-hybridized carbons (Fsp3) is 0.455. The predicted octanol–water partition coefficient (Wildman–Crippen LogP) is 2.49. The van der Waals surface area contributed by atoms with E-state index in [1.54, 1.807) is 19.3 Å². The molecule has 1 heterocycles.